The van der Waals surface area contributed by atoms with Gasteiger partial charge in [-0.1, -0.05) is 29.8 Å². The van der Waals surface area contributed by atoms with Gasteiger partial charge in [0, 0.05) is 23.4 Å². The smallest absolute Gasteiger partial charge is 0.193 e. The number of ketones is 1. The van der Waals surface area contributed by atoms with E-state index in [-0.39, 0.29) is 16.4 Å². The van der Waals surface area contributed by atoms with Crippen LogP contribution in [0.1, 0.15) is 21.5 Å². The van der Waals surface area contributed by atoms with E-state index in [2.05, 4.69) is 0 Å². The summed E-state index contributed by atoms with van der Waals surface area (Å²) in [6, 6.07) is 17.9. The van der Waals surface area contributed by atoms with Crippen molar-refractivity contribution in [1.82, 2.24) is 0 Å². The van der Waals surface area contributed by atoms with Crippen LogP contribution >= 0.6 is 0 Å². The maximum absolute atomic E-state index is 12.6. The minimum Gasteiger partial charge on any atom is -0.497 e. The van der Waals surface area contributed by atoms with E-state index >= 15 is 0 Å². The molecule has 152 valence electrons. The van der Waals surface area contributed by atoms with Gasteiger partial charge in [-0.15, -0.1) is 0 Å². The van der Waals surface area contributed by atoms with Gasteiger partial charge in [-0.3, -0.25) is 4.79 Å². The largest absolute Gasteiger partial charge is 0.497 e. The third-order valence-electron chi connectivity index (χ3n) is 4.32. The molecule has 0 unspecified atom stereocenters. The van der Waals surface area contributed by atoms with Crippen molar-refractivity contribution < 1.29 is 27.6 Å². The van der Waals surface area contributed by atoms with Gasteiger partial charge in [0.2, 0.25) is 0 Å². The van der Waals surface area contributed by atoms with E-state index < -0.39 is 9.63 Å². The first-order valence-corrected chi connectivity index (χ1v) is 11.0. The van der Waals surface area contributed by atoms with Gasteiger partial charge in [-0.2, -0.15) is 0 Å². The SMILES string of the molecule is COc1ccc(Oc2ccc(C(=O)c3ccc(C)cc3)cc2)c(S(C)(=O)(O)O)c1. The highest BCUT2D eigenvalue weighted by Crippen LogP contribution is 2.39. The van der Waals surface area contributed by atoms with Gasteiger partial charge in [-0.25, -0.2) is 4.21 Å². The molecule has 0 heterocycles. The van der Waals surface area contributed by atoms with E-state index in [1.807, 2.05) is 19.1 Å². The number of hydrogen-bond donors (Lipinski definition) is 2. The molecule has 29 heavy (non-hydrogen) atoms. The molecule has 2 N–H and O–H groups in total. The van der Waals surface area contributed by atoms with Crippen LogP contribution in [0.2, 0.25) is 0 Å². The molecule has 0 spiro atoms. The van der Waals surface area contributed by atoms with Gasteiger partial charge in [0.05, 0.1) is 7.11 Å². The van der Waals surface area contributed by atoms with Crippen molar-refractivity contribution in [2.24, 2.45) is 0 Å². The number of benzene rings is 3. The molecule has 6 nitrogen and oxygen atoms in total. The fourth-order valence-corrected chi connectivity index (χ4v) is 3.70. The molecule has 0 radical (unpaired) electrons. The van der Waals surface area contributed by atoms with Crippen molar-refractivity contribution in [3.63, 3.8) is 0 Å². The van der Waals surface area contributed by atoms with Gasteiger partial charge < -0.3 is 18.6 Å². The van der Waals surface area contributed by atoms with Gasteiger partial charge in [0.1, 0.15) is 31.8 Å². The van der Waals surface area contributed by atoms with Gasteiger partial charge >= 0.3 is 0 Å². The number of hydrogen-bond acceptors (Lipinski definition) is 4. The van der Waals surface area contributed by atoms with Crippen LogP contribution in [0.5, 0.6) is 17.2 Å². The summed E-state index contributed by atoms with van der Waals surface area (Å²) in [6.07, 6.45) is 0.822. The second-order valence-electron chi connectivity index (χ2n) is 6.87. The summed E-state index contributed by atoms with van der Waals surface area (Å²) in [4.78, 5) is 12.3. The fraction of sp³-hybridized carbons (Fsp3) is 0.136. The van der Waals surface area contributed by atoms with E-state index in [9.17, 15) is 18.1 Å². The van der Waals surface area contributed by atoms with Crippen molar-refractivity contribution >= 4 is 15.4 Å². The predicted molar refractivity (Wildman–Crippen MR) is 112 cm³/mol. The molecule has 0 fully saturated rings. The molecule has 0 aliphatic heterocycles. The van der Waals surface area contributed by atoms with Gasteiger partial charge in [0.15, 0.2) is 5.78 Å². The molecule has 0 amide bonds. The maximum atomic E-state index is 12.6. The first-order valence-electron chi connectivity index (χ1n) is 8.75. The normalized spacial score (nSPS) is 12.7. The molecule has 7 heteroatoms. The van der Waals surface area contributed by atoms with Crippen LogP contribution in [0.4, 0.5) is 0 Å². The summed E-state index contributed by atoms with van der Waals surface area (Å²) in [6.45, 7) is 1.95. The van der Waals surface area contributed by atoms with Crippen molar-refractivity contribution in [3.05, 3.63) is 83.4 Å². The Balaban J connectivity index is 1.88. The summed E-state index contributed by atoms with van der Waals surface area (Å²) >= 11 is 0. The van der Waals surface area contributed by atoms with E-state index in [4.69, 9.17) is 9.47 Å². The monoisotopic (exact) mass is 414 g/mol. The van der Waals surface area contributed by atoms with Gasteiger partial charge in [0.25, 0.3) is 0 Å². The molecule has 3 aromatic carbocycles. The summed E-state index contributed by atoms with van der Waals surface area (Å²) in [5, 5.41) is 0. The third-order valence-corrected chi connectivity index (χ3v) is 5.65. The molecular formula is C22H22O6S. The zero-order valence-electron chi connectivity index (χ0n) is 16.3. The molecule has 3 aromatic rings. The first-order chi connectivity index (χ1) is 13.5. The van der Waals surface area contributed by atoms with Crippen molar-refractivity contribution in [2.45, 2.75) is 11.8 Å². The maximum Gasteiger partial charge on any atom is 0.193 e. The molecule has 0 saturated heterocycles. The van der Waals surface area contributed by atoms with Crippen LogP contribution in [0.15, 0.2) is 71.6 Å². The van der Waals surface area contributed by atoms with Crippen LogP contribution < -0.4 is 9.47 Å². The Bertz CT molecular complexity index is 1100. The van der Waals surface area contributed by atoms with E-state index in [0.29, 0.717) is 22.6 Å². The van der Waals surface area contributed by atoms with E-state index in [0.717, 1.165) is 11.8 Å². The number of carbonyl (C=O) groups excluding carboxylic acids is 1. The topological polar surface area (TPSA) is 93.1 Å². The number of methoxy groups -OCH3 is 1. The van der Waals surface area contributed by atoms with Crippen molar-refractivity contribution in [2.75, 3.05) is 13.4 Å². The summed E-state index contributed by atoms with van der Waals surface area (Å²) in [5.41, 5.74) is 2.13. The van der Waals surface area contributed by atoms with E-state index in [1.165, 1.54) is 19.2 Å². The average Bonchev–Trinajstić information content (AvgIpc) is 2.67. The van der Waals surface area contributed by atoms with Crippen molar-refractivity contribution in [3.8, 4) is 17.2 Å². The molecule has 3 rings (SSSR count). The first kappa shape index (κ1) is 20.7. The number of carbonyl (C=O) groups is 1. The molecule has 0 bridgehead atoms. The highest BCUT2D eigenvalue weighted by atomic mass is 32.3. The van der Waals surface area contributed by atoms with Crippen LogP contribution in [0.25, 0.3) is 0 Å². The summed E-state index contributed by atoms with van der Waals surface area (Å²) < 4.78 is 43.1. The standard InChI is InChI=1S/C22H22O6S/c1-15-4-6-16(7-5-15)22(23)17-8-10-18(11-9-17)28-20-13-12-19(27-2)14-21(20)29(3,24,25)26/h4-14H,1-3H3,(H2,24,25,26). The molecular weight excluding hydrogens is 392 g/mol. The fourth-order valence-electron chi connectivity index (χ4n) is 2.74. The lowest BCUT2D eigenvalue weighted by Gasteiger charge is -2.28. The van der Waals surface area contributed by atoms with Crippen LogP contribution in [-0.4, -0.2) is 32.5 Å². The lowest BCUT2D eigenvalue weighted by atomic mass is 10.0. The third kappa shape index (κ3) is 4.89. The Morgan fingerprint density at radius 1 is 0.862 bits per heavy atom. The lowest BCUT2D eigenvalue weighted by molar-refractivity contribution is 0.103. The summed E-state index contributed by atoms with van der Waals surface area (Å²) in [7, 11) is -3.67. The Morgan fingerprint density at radius 3 is 1.90 bits per heavy atom. The average molecular weight is 414 g/mol. The number of aryl methyl sites for hydroxylation is 1. The Morgan fingerprint density at radius 2 is 1.38 bits per heavy atom. The number of rotatable bonds is 6. The summed E-state index contributed by atoms with van der Waals surface area (Å²) in [5.74, 6) is 0.529. The van der Waals surface area contributed by atoms with Crippen LogP contribution in [0, 0.1) is 6.92 Å². The Hall–Kier alpha value is -3.00. The second-order valence-corrected chi connectivity index (χ2v) is 9.77. The zero-order chi connectivity index (χ0) is 21.3. The van der Waals surface area contributed by atoms with Crippen LogP contribution in [0.3, 0.4) is 0 Å². The van der Waals surface area contributed by atoms with Crippen molar-refractivity contribution in [1.29, 1.82) is 0 Å². The molecule has 0 aliphatic carbocycles. The molecule has 0 atom stereocenters. The minimum atomic E-state index is -5.08. The Kier molecular flexibility index (Phi) is 5.32. The highest BCUT2D eigenvalue weighted by Gasteiger charge is 2.31. The highest BCUT2D eigenvalue weighted by molar-refractivity contribution is 8.09. The number of ether oxygens (including phenoxy) is 2. The second kappa shape index (κ2) is 7.44. The minimum absolute atomic E-state index is 0.00733. The predicted octanol–water partition coefficient (Wildman–Crippen LogP) is 4.78. The Labute approximate surface area is 169 Å². The molecule has 0 saturated carbocycles. The zero-order valence-corrected chi connectivity index (χ0v) is 17.1. The quantitative estimate of drug-likeness (QED) is 0.564. The van der Waals surface area contributed by atoms with Gasteiger partial charge in [-0.05, 0) is 43.3 Å². The van der Waals surface area contributed by atoms with E-state index in [1.54, 1.807) is 42.5 Å². The van der Waals surface area contributed by atoms with Crippen LogP contribution in [-0.2, 0) is 9.63 Å². The lowest BCUT2D eigenvalue weighted by Crippen LogP contribution is -2.29. The molecule has 0 aliphatic rings. The molecule has 0 aromatic heterocycles.